The molecule has 1 aliphatic heterocycles. The number of rotatable bonds is 17. The molecule has 41 heavy (non-hydrogen) atoms. The van der Waals surface area contributed by atoms with Gasteiger partial charge in [0.1, 0.15) is 6.04 Å². The van der Waals surface area contributed by atoms with Crippen molar-refractivity contribution < 1.29 is 9.59 Å². The van der Waals surface area contributed by atoms with Gasteiger partial charge in [-0.25, -0.2) is 0 Å². The van der Waals surface area contributed by atoms with Crippen molar-refractivity contribution in [3.63, 3.8) is 0 Å². The number of thiophene rings is 1. The first-order valence-electron chi connectivity index (χ1n) is 15.6. The molecule has 0 fully saturated rings. The maximum atomic E-state index is 14.0. The fourth-order valence-corrected chi connectivity index (χ4v) is 6.39. The highest BCUT2D eigenvalue weighted by molar-refractivity contribution is 7.19. The first-order chi connectivity index (χ1) is 19.7. The lowest BCUT2D eigenvalue weighted by Crippen LogP contribution is -2.49. The van der Waals surface area contributed by atoms with E-state index in [1.807, 2.05) is 43.9 Å². The largest absolute Gasteiger partial charge is 0.374 e. The lowest BCUT2D eigenvalue weighted by atomic mass is 10.1. The number of allylic oxidation sites excluding steroid dienone is 2. The molecule has 2 heterocycles. The molecule has 0 saturated carbocycles. The van der Waals surface area contributed by atoms with Crippen molar-refractivity contribution in [1.29, 1.82) is 0 Å². The molecule has 7 heteroatoms. The SMILES string of the molecule is CCCCN(CCCC)CCCN(C(=O)CCCN1C=CC=CC1)C(C(=O)NC(C)(C)C)c1cc2ccccc2s1. The molecule has 0 aliphatic carbocycles. The van der Waals surface area contributed by atoms with Gasteiger partial charge in [-0.1, -0.05) is 57.0 Å². The summed E-state index contributed by atoms with van der Waals surface area (Å²) in [7, 11) is 0. The monoisotopic (exact) mass is 580 g/mol. The maximum Gasteiger partial charge on any atom is 0.248 e. The first kappa shape index (κ1) is 32.9. The summed E-state index contributed by atoms with van der Waals surface area (Å²) in [5.74, 6) is -0.0444. The van der Waals surface area contributed by atoms with E-state index in [9.17, 15) is 9.59 Å². The van der Waals surface area contributed by atoms with E-state index in [-0.39, 0.29) is 11.8 Å². The van der Waals surface area contributed by atoms with Crippen LogP contribution in [0, 0.1) is 0 Å². The van der Waals surface area contributed by atoms with E-state index in [1.165, 1.54) is 25.7 Å². The number of hydrogen-bond donors (Lipinski definition) is 1. The summed E-state index contributed by atoms with van der Waals surface area (Å²) in [6, 6.07) is 9.69. The molecule has 0 bridgehead atoms. The third-order valence-electron chi connectivity index (χ3n) is 7.34. The van der Waals surface area contributed by atoms with Crippen molar-refractivity contribution in [2.45, 2.75) is 91.1 Å². The fourth-order valence-electron chi connectivity index (χ4n) is 5.21. The Labute approximate surface area is 252 Å². The lowest BCUT2D eigenvalue weighted by molar-refractivity contribution is -0.141. The van der Waals surface area contributed by atoms with E-state index in [1.54, 1.807) is 11.3 Å². The molecule has 226 valence electrons. The quantitative estimate of drug-likeness (QED) is 0.216. The van der Waals surface area contributed by atoms with Crippen LogP contribution in [0.2, 0.25) is 0 Å². The summed E-state index contributed by atoms with van der Waals surface area (Å²) in [6.07, 6.45) is 15.1. The smallest absolute Gasteiger partial charge is 0.248 e. The number of carbonyl (C=O) groups excluding carboxylic acids is 2. The molecule has 1 N–H and O–H groups in total. The van der Waals surface area contributed by atoms with Gasteiger partial charge in [0.25, 0.3) is 0 Å². The molecule has 0 saturated heterocycles. The predicted molar refractivity (Wildman–Crippen MR) is 174 cm³/mol. The van der Waals surface area contributed by atoms with E-state index < -0.39 is 11.6 Å². The van der Waals surface area contributed by atoms with Crippen LogP contribution in [0.3, 0.4) is 0 Å². The average molecular weight is 581 g/mol. The van der Waals surface area contributed by atoms with Gasteiger partial charge in [-0.3, -0.25) is 9.59 Å². The van der Waals surface area contributed by atoms with Gasteiger partial charge in [0.15, 0.2) is 0 Å². The van der Waals surface area contributed by atoms with Gasteiger partial charge in [-0.15, -0.1) is 11.3 Å². The highest BCUT2D eigenvalue weighted by Crippen LogP contribution is 2.34. The zero-order valence-electron chi connectivity index (χ0n) is 26.0. The number of fused-ring (bicyclic) bond motifs is 1. The van der Waals surface area contributed by atoms with E-state index >= 15 is 0 Å². The van der Waals surface area contributed by atoms with E-state index in [2.05, 4.69) is 65.5 Å². The summed E-state index contributed by atoms with van der Waals surface area (Å²) in [4.78, 5) is 35.5. The Hall–Kier alpha value is -2.64. The van der Waals surface area contributed by atoms with Crippen LogP contribution >= 0.6 is 11.3 Å². The standard InChI is InChI=1S/C34H52N4O2S/c1-6-8-20-36(21-9-7-2)25-16-26-38(31(39)19-15-24-37-22-13-10-14-23-37)32(33(40)35-34(3,4)5)30-27-28-17-11-12-18-29(28)41-30/h10-14,17-18,22,27,32H,6-9,15-16,19-21,23-26H2,1-5H3,(H,35,40). The Balaban J connectivity index is 1.84. The summed E-state index contributed by atoms with van der Waals surface area (Å²) >= 11 is 1.62. The highest BCUT2D eigenvalue weighted by atomic mass is 32.1. The second-order valence-electron chi connectivity index (χ2n) is 12.2. The summed E-state index contributed by atoms with van der Waals surface area (Å²) < 4.78 is 1.14. The summed E-state index contributed by atoms with van der Waals surface area (Å²) in [5, 5.41) is 4.31. The molecular formula is C34H52N4O2S. The average Bonchev–Trinajstić information content (AvgIpc) is 3.36. The van der Waals surface area contributed by atoms with Gasteiger partial charge in [0, 0.05) is 41.2 Å². The molecule has 1 aromatic carbocycles. The molecule has 1 unspecified atom stereocenters. The Morgan fingerprint density at radius 3 is 2.32 bits per heavy atom. The number of carbonyl (C=O) groups is 2. The van der Waals surface area contributed by atoms with Gasteiger partial charge in [0.05, 0.1) is 0 Å². The van der Waals surface area contributed by atoms with Crippen LogP contribution in [0.1, 0.15) is 90.5 Å². The number of amides is 2. The zero-order valence-corrected chi connectivity index (χ0v) is 26.8. The Kier molecular flexibility index (Phi) is 13.4. The van der Waals surface area contributed by atoms with Gasteiger partial charge in [-0.05, 0) is 95.9 Å². The van der Waals surface area contributed by atoms with Gasteiger partial charge in [0.2, 0.25) is 11.8 Å². The molecule has 1 aliphatic rings. The van der Waals surface area contributed by atoms with Crippen molar-refractivity contribution in [1.82, 2.24) is 20.0 Å². The molecule has 2 aromatic rings. The number of unbranched alkanes of at least 4 members (excludes halogenated alkanes) is 2. The van der Waals surface area contributed by atoms with E-state index in [0.717, 1.165) is 60.5 Å². The van der Waals surface area contributed by atoms with Gasteiger partial charge in [-0.2, -0.15) is 0 Å². The molecule has 6 nitrogen and oxygen atoms in total. The number of hydrogen-bond acceptors (Lipinski definition) is 5. The van der Waals surface area contributed by atoms with E-state index in [4.69, 9.17) is 0 Å². The number of benzene rings is 1. The van der Waals surface area contributed by atoms with Crippen molar-refractivity contribution in [3.8, 4) is 0 Å². The van der Waals surface area contributed by atoms with Crippen LogP contribution in [0.25, 0.3) is 10.1 Å². The second-order valence-corrected chi connectivity index (χ2v) is 13.3. The molecule has 2 amide bonds. The van der Waals surface area contributed by atoms with Crippen LogP contribution in [0.4, 0.5) is 0 Å². The van der Waals surface area contributed by atoms with Crippen LogP contribution in [-0.2, 0) is 9.59 Å². The molecular weight excluding hydrogens is 528 g/mol. The number of nitrogens with zero attached hydrogens (tertiary/aromatic N) is 3. The normalized spacial score (nSPS) is 14.1. The summed E-state index contributed by atoms with van der Waals surface area (Å²) in [5.41, 5.74) is -0.397. The molecule has 1 atom stereocenters. The van der Waals surface area contributed by atoms with E-state index in [0.29, 0.717) is 13.0 Å². The molecule has 0 spiro atoms. The third kappa shape index (κ3) is 10.9. The van der Waals surface area contributed by atoms with Crippen LogP contribution < -0.4 is 5.32 Å². The minimum Gasteiger partial charge on any atom is -0.374 e. The van der Waals surface area contributed by atoms with Crippen molar-refractivity contribution in [2.75, 3.05) is 39.3 Å². The molecule has 0 radical (unpaired) electrons. The Bertz CT molecular complexity index is 1110. The molecule has 3 rings (SSSR count). The predicted octanol–water partition coefficient (Wildman–Crippen LogP) is 7.14. The van der Waals surface area contributed by atoms with Crippen molar-refractivity contribution in [2.24, 2.45) is 0 Å². The second kappa shape index (κ2) is 16.7. The maximum absolute atomic E-state index is 14.0. The fraction of sp³-hybridized carbons (Fsp3) is 0.588. The van der Waals surface area contributed by atoms with Crippen molar-refractivity contribution >= 4 is 33.2 Å². The van der Waals surface area contributed by atoms with Gasteiger partial charge < -0.3 is 20.0 Å². The minimum atomic E-state index is -0.642. The summed E-state index contributed by atoms with van der Waals surface area (Å²) in [6.45, 7) is 15.8. The lowest BCUT2D eigenvalue weighted by Gasteiger charge is -2.34. The molecule has 1 aromatic heterocycles. The Morgan fingerprint density at radius 2 is 1.68 bits per heavy atom. The minimum absolute atomic E-state index is 0.0571. The van der Waals surface area contributed by atoms with Crippen LogP contribution in [0.15, 0.2) is 54.8 Å². The van der Waals surface area contributed by atoms with Crippen molar-refractivity contribution in [3.05, 3.63) is 59.6 Å². The number of nitrogens with one attached hydrogen (secondary N) is 1. The van der Waals surface area contributed by atoms with Crippen LogP contribution in [-0.4, -0.2) is 71.3 Å². The zero-order chi connectivity index (χ0) is 29.7. The van der Waals surface area contributed by atoms with Crippen LogP contribution in [0.5, 0.6) is 0 Å². The first-order valence-corrected chi connectivity index (χ1v) is 16.4. The Morgan fingerprint density at radius 1 is 0.976 bits per heavy atom. The topological polar surface area (TPSA) is 55.9 Å². The third-order valence-corrected chi connectivity index (χ3v) is 8.51. The van der Waals surface area contributed by atoms with Gasteiger partial charge >= 0.3 is 0 Å². The highest BCUT2D eigenvalue weighted by Gasteiger charge is 2.34.